The van der Waals surface area contributed by atoms with Gasteiger partial charge in [-0.3, -0.25) is 0 Å². The van der Waals surface area contributed by atoms with Gasteiger partial charge in [-0.1, -0.05) is 6.08 Å². The van der Waals surface area contributed by atoms with Crippen molar-refractivity contribution in [3.8, 4) is 0 Å². The fourth-order valence-corrected chi connectivity index (χ4v) is 3.24. The highest BCUT2D eigenvalue weighted by Crippen LogP contribution is 2.32. The number of rotatable bonds is 6. The highest BCUT2D eigenvalue weighted by atomic mass is 16.6. The molecule has 1 aliphatic heterocycles. The van der Waals surface area contributed by atoms with Gasteiger partial charge in [0.25, 0.3) is 0 Å². The molecular formula is C20H36N4O2. The Kier molecular flexibility index (Phi) is 7.35. The van der Waals surface area contributed by atoms with E-state index in [1.54, 1.807) is 0 Å². The van der Waals surface area contributed by atoms with Crippen LogP contribution in [0.2, 0.25) is 0 Å². The third-order valence-corrected chi connectivity index (χ3v) is 4.69. The zero-order valence-corrected chi connectivity index (χ0v) is 17.0. The Hall–Kier alpha value is -1.72. The lowest BCUT2D eigenvalue weighted by Crippen LogP contribution is -2.52. The van der Waals surface area contributed by atoms with Crippen molar-refractivity contribution in [3.63, 3.8) is 0 Å². The first-order valence-corrected chi connectivity index (χ1v) is 9.97. The molecule has 2 aliphatic rings. The Labute approximate surface area is 158 Å². The van der Waals surface area contributed by atoms with Gasteiger partial charge in [-0.2, -0.15) is 0 Å². The van der Waals surface area contributed by atoms with Gasteiger partial charge in [0, 0.05) is 32.2 Å². The molecule has 0 aromatic heterocycles. The lowest BCUT2D eigenvalue weighted by Gasteiger charge is -2.40. The van der Waals surface area contributed by atoms with Crippen molar-refractivity contribution in [3.05, 3.63) is 12.7 Å². The Morgan fingerprint density at radius 1 is 1.31 bits per heavy atom. The van der Waals surface area contributed by atoms with Crippen molar-refractivity contribution in [2.45, 2.75) is 65.0 Å². The molecule has 1 amide bonds. The number of nitrogens with one attached hydrogen (secondary N) is 1. The van der Waals surface area contributed by atoms with Crippen LogP contribution in [0, 0.1) is 5.92 Å². The van der Waals surface area contributed by atoms with Crippen LogP contribution in [0.3, 0.4) is 0 Å². The monoisotopic (exact) mass is 364 g/mol. The number of amides is 1. The van der Waals surface area contributed by atoms with Crippen molar-refractivity contribution in [2.75, 3.05) is 32.7 Å². The van der Waals surface area contributed by atoms with Gasteiger partial charge in [-0.05, 0) is 59.3 Å². The van der Waals surface area contributed by atoms with Gasteiger partial charge in [0.15, 0.2) is 5.96 Å². The maximum absolute atomic E-state index is 12.7. The van der Waals surface area contributed by atoms with Crippen LogP contribution in [0.15, 0.2) is 17.6 Å². The molecule has 0 aromatic carbocycles. The number of carbonyl (C=O) groups is 1. The third-order valence-electron chi connectivity index (χ3n) is 4.69. The zero-order chi connectivity index (χ0) is 19.2. The number of hydrogen-bond donors (Lipinski definition) is 1. The molecule has 1 heterocycles. The molecule has 1 saturated carbocycles. The minimum Gasteiger partial charge on any atom is -0.444 e. The van der Waals surface area contributed by atoms with Gasteiger partial charge in [0.2, 0.25) is 0 Å². The number of aliphatic imine (C=N–C) groups is 1. The number of likely N-dealkylation sites (tertiary alicyclic amines) is 1. The number of guanidine groups is 1. The number of nitrogens with zero attached hydrogens (tertiary/aromatic N) is 3. The third kappa shape index (κ3) is 6.54. The van der Waals surface area contributed by atoms with Crippen molar-refractivity contribution < 1.29 is 9.53 Å². The average molecular weight is 365 g/mol. The second-order valence-electron chi connectivity index (χ2n) is 8.28. The summed E-state index contributed by atoms with van der Waals surface area (Å²) < 4.78 is 5.67. The van der Waals surface area contributed by atoms with E-state index < -0.39 is 5.60 Å². The van der Waals surface area contributed by atoms with Crippen molar-refractivity contribution in [2.24, 2.45) is 10.9 Å². The van der Waals surface area contributed by atoms with Gasteiger partial charge in [-0.25, -0.2) is 9.79 Å². The normalized spacial score (nSPS) is 19.2. The first-order chi connectivity index (χ1) is 12.3. The summed E-state index contributed by atoms with van der Waals surface area (Å²) in [7, 11) is 0. The number of ether oxygens (including phenoxy) is 1. The first-order valence-electron chi connectivity index (χ1n) is 9.97. The summed E-state index contributed by atoms with van der Waals surface area (Å²) in [6.45, 7) is 15.7. The van der Waals surface area contributed by atoms with E-state index in [2.05, 4.69) is 28.7 Å². The molecule has 1 saturated heterocycles. The molecule has 6 nitrogen and oxygen atoms in total. The summed E-state index contributed by atoms with van der Waals surface area (Å²) in [6, 6.07) is 0.254. The van der Waals surface area contributed by atoms with Crippen LogP contribution in [0.5, 0.6) is 0 Å². The van der Waals surface area contributed by atoms with E-state index in [9.17, 15) is 4.79 Å². The molecule has 0 bridgehead atoms. The summed E-state index contributed by atoms with van der Waals surface area (Å²) >= 11 is 0. The molecule has 26 heavy (non-hydrogen) atoms. The smallest absolute Gasteiger partial charge is 0.410 e. The second kappa shape index (κ2) is 9.28. The van der Waals surface area contributed by atoms with Crippen LogP contribution < -0.4 is 5.32 Å². The maximum atomic E-state index is 12.7. The Balaban J connectivity index is 1.97. The quantitative estimate of drug-likeness (QED) is 0.446. The molecule has 1 aliphatic carbocycles. The van der Waals surface area contributed by atoms with Gasteiger partial charge < -0.3 is 19.9 Å². The van der Waals surface area contributed by atoms with Crippen molar-refractivity contribution >= 4 is 12.1 Å². The van der Waals surface area contributed by atoms with E-state index in [4.69, 9.17) is 4.74 Å². The van der Waals surface area contributed by atoms with E-state index in [1.807, 2.05) is 31.7 Å². The lowest BCUT2D eigenvalue weighted by atomic mass is 10.0. The van der Waals surface area contributed by atoms with E-state index >= 15 is 0 Å². The van der Waals surface area contributed by atoms with Gasteiger partial charge in [-0.15, -0.1) is 6.58 Å². The standard InChI is InChI=1S/C20H36N4O2/c1-6-12-22-18(21-7-2)23-13-10-17(11-14-23)24(15-16-8-9-16)19(25)26-20(3,4)5/h6,16-17H,1,7-15H2,2-5H3,(H,21,22). The molecule has 1 N–H and O–H groups in total. The van der Waals surface area contributed by atoms with Crippen LogP contribution in [0.25, 0.3) is 0 Å². The van der Waals surface area contributed by atoms with Gasteiger partial charge >= 0.3 is 6.09 Å². The molecule has 0 aromatic rings. The molecule has 0 atom stereocenters. The van der Waals surface area contributed by atoms with Crippen LogP contribution in [-0.2, 0) is 4.74 Å². The Bertz CT molecular complexity index is 500. The average Bonchev–Trinajstić information content (AvgIpc) is 3.39. The number of hydrogen-bond acceptors (Lipinski definition) is 3. The SMILES string of the molecule is C=CCN=C(NCC)N1CCC(N(CC2CC2)C(=O)OC(C)(C)C)CC1. The molecule has 0 spiro atoms. The molecular weight excluding hydrogens is 328 g/mol. The molecule has 6 heteroatoms. The van der Waals surface area contributed by atoms with Gasteiger partial charge in [0.1, 0.15) is 5.60 Å². The first kappa shape index (κ1) is 20.6. The summed E-state index contributed by atoms with van der Waals surface area (Å²) in [6.07, 6.45) is 6.02. The topological polar surface area (TPSA) is 57.2 Å². The van der Waals surface area contributed by atoms with E-state index in [0.29, 0.717) is 12.5 Å². The predicted octanol–water partition coefficient (Wildman–Crippen LogP) is 3.25. The van der Waals surface area contributed by atoms with Crippen LogP contribution in [0.4, 0.5) is 4.79 Å². The van der Waals surface area contributed by atoms with E-state index in [0.717, 1.165) is 45.0 Å². The summed E-state index contributed by atoms with van der Waals surface area (Å²) in [5, 5.41) is 3.35. The minimum atomic E-state index is -0.449. The molecule has 0 radical (unpaired) electrons. The highest BCUT2D eigenvalue weighted by Gasteiger charge is 2.35. The summed E-state index contributed by atoms with van der Waals surface area (Å²) in [5.74, 6) is 1.60. The van der Waals surface area contributed by atoms with E-state index in [1.165, 1.54) is 12.8 Å². The second-order valence-corrected chi connectivity index (χ2v) is 8.28. The lowest BCUT2D eigenvalue weighted by molar-refractivity contribution is 0.00929. The fraction of sp³-hybridized carbons (Fsp3) is 0.800. The van der Waals surface area contributed by atoms with Crippen molar-refractivity contribution in [1.29, 1.82) is 0 Å². The minimum absolute atomic E-state index is 0.157. The van der Waals surface area contributed by atoms with Crippen LogP contribution in [-0.4, -0.2) is 66.2 Å². The Morgan fingerprint density at radius 3 is 2.46 bits per heavy atom. The molecule has 148 valence electrons. The zero-order valence-electron chi connectivity index (χ0n) is 17.0. The fourth-order valence-electron chi connectivity index (χ4n) is 3.24. The van der Waals surface area contributed by atoms with Gasteiger partial charge in [0.05, 0.1) is 6.54 Å². The number of carbonyl (C=O) groups excluding carboxylic acids is 1. The van der Waals surface area contributed by atoms with Crippen molar-refractivity contribution in [1.82, 2.24) is 15.1 Å². The summed E-state index contributed by atoms with van der Waals surface area (Å²) in [5.41, 5.74) is -0.449. The largest absolute Gasteiger partial charge is 0.444 e. The summed E-state index contributed by atoms with van der Waals surface area (Å²) in [4.78, 5) is 21.6. The van der Waals surface area contributed by atoms with Crippen LogP contribution in [0.1, 0.15) is 53.4 Å². The molecule has 2 fully saturated rings. The highest BCUT2D eigenvalue weighted by molar-refractivity contribution is 5.80. The van der Waals surface area contributed by atoms with E-state index in [-0.39, 0.29) is 12.1 Å². The molecule has 2 rings (SSSR count). The maximum Gasteiger partial charge on any atom is 0.410 e. The molecule has 0 unspecified atom stereocenters. The number of piperidine rings is 1. The predicted molar refractivity (Wildman–Crippen MR) is 106 cm³/mol. The Morgan fingerprint density at radius 2 is 1.96 bits per heavy atom. The van der Waals surface area contributed by atoms with Crippen LogP contribution >= 0.6 is 0 Å².